The van der Waals surface area contributed by atoms with Gasteiger partial charge in [-0.25, -0.2) is 0 Å². The van der Waals surface area contributed by atoms with E-state index in [2.05, 4.69) is 21.4 Å². The molecule has 4 aromatic rings. The largest absolute Gasteiger partial charge is 0.504 e. The number of benzene rings is 3. The van der Waals surface area contributed by atoms with Crippen LogP contribution in [0.1, 0.15) is 34.8 Å². The van der Waals surface area contributed by atoms with E-state index < -0.39 is 46.8 Å². The molecule has 4 amide bonds. The minimum atomic E-state index is -1.64. The maximum atomic E-state index is 15.5. The number of allylic oxidation sites excluding steroid dienone is 2. The summed E-state index contributed by atoms with van der Waals surface area (Å²) >= 11 is 17.8. The van der Waals surface area contributed by atoms with Gasteiger partial charge in [-0.2, -0.15) is 5.01 Å². The standard InChI is InChI=1S/C39H32BrCl2N3O7S/c1-51-22-8-5-19(6-9-22)39-28(36(48)45(38(39)50)43-30-12-7-21(41)16-29(30)42)17-26-24(33(39)27-14-20(40)15-31(52-2)34(27)46)10-11-25-32(26)37(49)44(35(25)47)18-23-4-3-13-53-23/h3-10,12-16,25-26,28,32-33,43,46H,11,17-18H2,1-2H3. The number of carbonyl (C=O) groups excluding carboxylic acids is 4. The van der Waals surface area contributed by atoms with Gasteiger partial charge in [0.05, 0.1) is 54.6 Å². The molecular formula is C39H32BrCl2N3O7S. The highest BCUT2D eigenvalue weighted by Gasteiger charge is 2.70. The van der Waals surface area contributed by atoms with Crippen molar-refractivity contribution < 1.29 is 33.8 Å². The Bertz CT molecular complexity index is 2210. The second-order valence-electron chi connectivity index (χ2n) is 13.6. The molecule has 0 radical (unpaired) electrons. The molecule has 2 N–H and O–H groups in total. The van der Waals surface area contributed by atoms with Crippen molar-refractivity contribution in [1.82, 2.24) is 9.91 Å². The average molecular weight is 838 g/mol. The van der Waals surface area contributed by atoms with Gasteiger partial charge in [-0.1, -0.05) is 69.0 Å². The van der Waals surface area contributed by atoms with E-state index in [1.165, 1.54) is 36.5 Å². The van der Waals surface area contributed by atoms with Crippen molar-refractivity contribution >= 4 is 79.8 Å². The van der Waals surface area contributed by atoms with E-state index in [1.807, 2.05) is 23.6 Å². The van der Waals surface area contributed by atoms with Gasteiger partial charge in [-0.15, -0.1) is 11.3 Å². The molecule has 14 heteroatoms. The third-order valence-electron chi connectivity index (χ3n) is 11.2. The number of hydrazine groups is 1. The fraction of sp³-hybridized carbons (Fsp3) is 0.282. The Morgan fingerprint density at radius 2 is 1.74 bits per heavy atom. The topological polar surface area (TPSA) is 125 Å². The zero-order valence-electron chi connectivity index (χ0n) is 28.3. The number of anilines is 1. The van der Waals surface area contributed by atoms with Gasteiger partial charge in [0, 0.05) is 25.9 Å². The van der Waals surface area contributed by atoms with Crippen LogP contribution in [0.4, 0.5) is 5.69 Å². The number of phenols is 1. The number of halogens is 3. The van der Waals surface area contributed by atoms with Crippen LogP contribution in [0.15, 0.2) is 88.2 Å². The zero-order chi connectivity index (χ0) is 37.3. The number of rotatable bonds is 8. The minimum Gasteiger partial charge on any atom is -0.504 e. The lowest BCUT2D eigenvalue weighted by atomic mass is 9.49. The molecule has 6 atom stereocenters. The lowest BCUT2D eigenvalue weighted by Crippen LogP contribution is -2.53. The summed E-state index contributed by atoms with van der Waals surface area (Å²) in [7, 11) is 2.96. The van der Waals surface area contributed by atoms with Crippen molar-refractivity contribution in [3.8, 4) is 17.2 Å². The molecule has 0 bridgehead atoms. The molecule has 10 nitrogen and oxygen atoms in total. The number of thiophene rings is 1. The van der Waals surface area contributed by atoms with Gasteiger partial charge in [-0.3, -0.25) is 29.5 Å². The van der Waals surface area contributed by atoms with Crippen molar-refractivity contribution in [3.05, 3.63) is 114 Å². The maximum absolute atomic E-state index is 15.5. The molecule has 2 aliphatic carbocycles. The first kappa shape index (κ1) is 35.7. The van der Waals surface area contributed by atoms with Gasteiger partial charge < -0.3 is 14.6 Å². The number of ether oxygens (including phenoxy) is 2. The van der Waals surface area contributed by atoms with E-state index >= 15 is 4.79 Å². The second kappa shape index (κ2) is 13.5. The van der Waals surface area contributed by atoms with E-state index in [1.54, 1.807) is 48.5 Å². The van der Waals surface area contributed by atoms with Crippen LogP contribution in [0.2, 0.25) is 10.0 Å². The van der Waals surface area contributed by atoms with E-state index in [0.29, 0.717) is 31.9 Å². The summed E-state index contributed by atoms with van der Waals surface area (Å²) in [5, 5.41) is 15.4. The molecule has 1 aromatic heterocycles. The summed E-state index contributed by atoms with van der Waals surface area (Å²) in [4.78, 5) is 61.0. The molecule has 0 spiro atoms. The van der Waals surface area contributed by atoms with Crippen molar-refractivity contribution in [2.75, 3.05) is 19.6 Å². The highest BCUT2D eigenvalue weighted by Crippen LogP contribution is 2.65. The number of methoxy groups -OCH3 is 2. The highest BCUT2D eigenvalue weighted by molar-refractivity contribution is 9.10. The number of imide groups is 2. The lowest BCUT2D eigenvalue weighted by molar-refractivity contribution is -0.141. The van der Waals surface area contributed by atoms with Crippen LogP contribution >= 0.6 is 50.5 Å². The predicted octanol–water partition coefficient (Wildman–Crippen LogP) is 7.73. The van der Waals surface area contributed by atoms with Crippen molar-refractivity contribution in [3.63, 3.8) is 0 Å². The van der Waals surface area contributed by atoms with Crippen LogP contribution in [-0.4, -0.2) is 52.9 Å². The number of aromatic hydroxyl groups is 1. The van der Waals surface area contributed by atoms with E-state index in [9.17, 15) is 19.5 Å². The third-order valence-corrected chi connectivity index (χ3v) is 13.0. The Morgan fingerprint density at radius 1 is 0.962 bits per heavy atom. The predicted molar refractivity (Wildman–Crippen MR) is 203 cm³/mol. The molecule has 53 heavy (non-hydrogen) atoms. The molecule has 272 valence electrons. The summed E-state index contributed by atoms with van der Waals surface area (Å²) in [6, 6.07) is 18.7. The quantitative estimate of drug-likeness (QED) is 0.137. The summed E-state index contributed by atoms with van der Waals surface area (Å²) in [5.41, 5.74) is 3.14. The summed E-state index contributed by atoms with van der Waals surface area (Å²) in [6.07, 6.45) is 2.27. The first-order chi connectivity index (χ1) is 25.5. The number of fused-ring (bicyclic) bond motifs is 4. The molecule has 8 rings (SSSR count). The zero-order valence-corrected chi connectivity index (χ0v) is 32.3. The van der Waals surface area contributed by atoms with Crippen molar-refractivity contribution in [2.24, 2.45) is 23.7 Å². The Morgan fingerprint density at radius 3 is 2.42 bits per heavy atom. The molecule has 1 saturated carbocycles. The number of nitrogens with one attached hydrogen (secondary N) is 1. The van der Waals surface area contributed by atoms with Gasteiger partial charge in [0.2, 0.25) is 11.8 Å². The molecule has 3 aromatic carbocycles. The Labute approximate surface area is 327 Å². The number of hydrogen-bond acceptors (Lipinski definition) is 9. The third kappa shape index (κ3) is 5.47. The van der Waals surface area contributed by atoms with Crippen molar-refractivity contribution in [1.29, 1.82) is 0 Å². The van der Waals surface area contributed by atoms with E-state index in [-0.39, 0.29) is 53.4 Å². The summed E-state index contributed by atoms with van der Waals surface area (Å²) in [6.45, 7) is 0.160. The van der Waals surface area contributed by atoms with Gasteiger partial charge in [0.15, 0.2) is 11.5 Å². The molecule has 2 aliphatic heterocycles. The van der Waals surface area contributed by atoms with Crippen LogP contribution in [0.5, 0.6) is 17.2 Å². The summed E-state index contributed by atoms with van der Waals surface area (Å²) < 4.78 is 11.6. The van der Waals surface area contributed by atoms with Crippen LogP contribution in [0.25, 0.3) is 0 Å². The fourth-order valence-corrected chi connectivity index (χ4v) is 10.5. The average Bonchev–Trinajstić information content (AvgIpc) is 3.81. The molecule has 3 fully saturated rings. The fourth-order valence-electron chi connectivity index (χ4n) is 8.94. The number of phenolic OH excluding ortho intramolecular Hbond substituents is 1. The van der Waals surface area contributed by atoms with Gasteiger partial charge >= 0.3 is 0 Å². The molecular weight excluding hydrogens is 805 g/mol. The van der Waals surface area contributed by atoms with Crippen LogP contribution in [0, 0.1) is 23.7 Å². The second-order valence-corrected chi connectivity index (χ2v) is 16.4. The molecule has 6 unspecified atom stereocenters. The monoisotopic (exact) mass is 835 g/mol. The Balaban J connectivity index is 1.35. The first-order valence-corrected chi connectivity index (χ1v) is 19.3. The molecule has 2 saturated heterocycles. The number of likely N-dealkylation sites (tertiary alicyclic amines) is 1. The number of nitrogens with zero attached hydrogens (tertiary/aromatic N) is 2. The number of amides is 4. The van der Waals surface area contributed by atoms with Crippen LogP contribution in [-0.2, 0) is 31.1 Å². The Hall–Kier alpha value is -4.36. The van der Waals surface area contributed by atoms with E-state index in [0.717, 1.165) is 9.89 Å². The lowest BCUT2D eigenvalue weighted by Gasteiger charge is -2.50. The summed E-state index contributed by atoms with van der Waals surface area (Å²) in [5.74, 6) is -5.26. The highest BCUT2D eigenvalue weighted by atomic mass is 79.9. The molecule has 4 aliphatic rings. The van der Waals surface area contributed by atoms with E-state index in [4.69, 9.17) is 32.7 Å². The van der Waals surface area contributed by atoms with Crippen LogP contribution < -0.4 is 14.9 Å². The maximum Gasteiger partial charge on any atom is 0.260 e. The SMILES string of the molecule is COc1ccc(C23C(=O)N(Nc4ccc(Cl)cc4Cl)C(=O)C2CC2C(=CCC4C(=O)N(Cc5cccs5)C(=O)C42)C3c2cc(Br)cc(OC)c2O)cc1. The Kier molecular flexibility index (Phi) is 9.08. The molecule has 3 heterocycles. The number of carbonyl (C=O) groups is 4. The van der Waals surface area contributed by atoms with Crippen LogP contribution in [0.3, 0.4) is 0 Å². The van der Waals surface area contributed by atoms with Gasteiger partial charge in [0.1, 0.15) is 5.75 Å². The number of hydrogen-bond donors (Lipinski definition) is 2. The minimum absolute atomic E-state index is 0.0877. The van der Waals surface area contributed by atoms with Crippen molar-refractivity contribution in [2.45, 2.75) is 30.7 Å². The smallest absolute Gasteiger partial charge is 0.260 e. The van der Waals surface area contributed by atoms with Gasteiger partial charge in [-0.05, 0) is 78.2 Å². The first-order valence-electron chi connectivity index (χ1n) is 16.9. The normalized spacial score (nSPS) is 26.3. The van der Waals surface area contributed by atoms with Gasteiger partial charge in [0.25, 0.3) is 11.8 Å².